The molecule has 4 saturated carbocycles. The largest absolute Gasteiger partial charge is 0.0625 e. The highest BCUT2D eigenvalue weighted by molar-refractivity contribution is 4.61. The molecular weight excluding hydrogens is 336 g/mol. The van der Waals surface area contributed by atoms with Crippen LogP contribution in [0, 0.1) is 23.7 Å². The van der Waals surface area contributed by atoms with Crippen molar-refractivity contribution in [2.45, 2.75) is 156 Å². The smallest absolute Gasteiger partial charge is 0.0443 e. The van der Waals surface area contributed by atoms with Gasteiger partial charge in [-0.05, 0) is 23.7 Å². The summed E-state index contributed by atoms with van der Waals surface area (Å²) in [6.45, 7) is 9.44. The van der Waals surface area contributed by atoms with Crippen LogP contribution in [0.1, 0.15) is 156 Å². The first-order valence-corrected chi connectivity index (χ1v) is 13.6. The summed E-state index contributed by atoms with van der Waals surface area (Å²) in [5, 5.41) is 0. The van der Waals surface area contributed by atoms with Gasteiger partial charge in [0, 0.05) is 0 Å². The Kier molecular flexibility index (Phi) is 16.6. The number of hydrogen-bond donors (Lipinski definition) is 0. The van der Waals surface area contributed by atoms with Crippen LogP contribution in [0.5, 0.6) is 0 Å². The molecule has 0 N–H and O–H groups in total. The highest BCUT2D eigenvalue weighted by Crippen LogP contribution is 2.24. The van der Waals surface area contributed by atoms with Crippen molar-refractivity contribution in [1.82, 2.24) is 0 Å². The normalized spacial score (nSPS) is 25.3. The highest BCUT2D eigenvalue weighted by Gasteiger charge is 2.07. The van der Waals surface area contributed by atoms with Gasteiger partial charge in [-0.1, -0.05) is 156 Å². The second-order valence-corrected chi connectivity index (χ2v) is 11.0. The molecule has 0 aliphatic heterocycles. The summed E-state index contributed by atoms with van der Waals surface area (Å²) >= 11 is 0. The van der Waals surface area contributed by atoms with Crippen molar-refractivity contribution in [3.8, 4) is 0 Å². The van der Waals surface area contributed by atoms with E-state index in [0.717, 1.165) is 23.7 Å². The van der Waals surface area contributed by atoms with Crippen LogP contribution in [0.2, 0.25) is 0 Å². The zero-order valence-electron chi connectivity index (χ0n) is 20.5. The second-order valence-electron chi connectivity index (χ2n) is 11.0. The van der Waals surface area contributed by atoms with Crippen LogP contribution in [-0.2, 0) is 0 Å². The molecule has 0 radical (unpaired) electrons. The van der Waals surface area contributed by atoms with Gasteiger partial charge in [0.2, 0.25) is 0 Å². The third-order valence-electron chi connectivity index (χ3n) is 7.58. The Balaban J connectivity index is 0.000000187. The maximum absolute atomic E-state index is 2.36. The SMILES string of the molecule is CC1CCCCC1.CC1CCCCC1.CC1CCCCC1.CC1CCCCC1. The minimum atomic E-state index is 1.04. The summed E-state index contributed by atoms with van der Waals surface area (Å²) in [4.78, 5) is 0. The molecule has 28 heavy (non-hydrogen) atoms. The van der Waals surface area contributed by atoms with Gasteiger partial charge < -0.3 is 0 Å². The molecule has 0 unspecified atom stereocenters. The summed E-state index contributed by atoms with van der Waals surface area (Å²) in [5.41, 5.74) is 0. The molecule has 0 atom stereocenters. The van der Waals surface area contributed by atoms with Gasteiger partial charge >= 0.3 is 0 Å². The number of rotatable bonds is 0. The van der Waals surface area contributed by atoms with Gasteiger partial charge in [-0.2, -0.15) is 0 Å². The van der Waals surface area contributed by atoms with Crippen LogP contribution >= 0.6 is 0 Å². The van der Waals surface area contributed by atoms with E-state index in [1.807, 2.05) is 0 Å². The van der Waals surface area contributed by atoms with Crippen molar-refractivity contribution < 1.29 is 0 Å². The molecule has 0 aromatic rings. The summed E-state index contributed by atoms with van der Waals surface area (Å²) in [7, 11) is 0. The standard InChI is InChI=1S/4C7H14/c4*1-7-5-3-2-4-6-7/h4*7H,2-6H2,1H3. The molecule has 0 saturated heterocycles. The van der Waals surface area contributed by atoms with Crippen molar-refractivity contribution >= 4 is 0 Å². The summed E-state index contributed by atoms with van der Waals surface area (Å²) in [5.74, 6) is 4.14. The van der Waals surface area contributed by atoms with E-state index in [1.54, 1.807) is 0 Å². The van der Waals surface area contributed by atoms with E-state index in [-0.39, 0.29) is 0 Å². The van der Waals surface area contributed by atoms with Crippen molar-refractivity contribution in [1.29, 1.82) is 0 Å². The lowest BCUT2D eigenvalue weighted by Gasteiger charge is -2.15. The van der Waals surface area contributed by atoms with Crippen molar-refractivity contribution in [2.24, 2.45) is 23.7 Å². The quantitative estimate of drug-likeness (QED) is 0.384. The maximum atomic E-state index is 2.36. The van der Waals surface area contributed by atoms with E-state index >= 15 is 0 Å². The Bertz CT molecular complexity index is 232. The lowest BCUT2D eigenvalue weighted by Crippen LogP contribution is -1.99. The Morgan fingerprint density at radius 3 is 0.464 bits per heavy atom. The third kappa shape index (κ3) is 15.9. The van der Waals surface area contributed by atoms with E-state index in [2.05, 4.69) is 27.7 Å². The average molecular weight is 393 g/mol. The molecule has 0 aromatic heterocycles. The predicted molar refractivity (Wildman–Crippen MR) is 129 cm³/mol. The molecule has 4 aliphatic carbocycles. The van der Waals surface area contributed by atoms with Crippen molar-refractivity contribution in [2.75, 3.05) is 0 Å². The van der Waals surface area contributed by atoms with E-state index < -0.39 is 0 Å². The molecule has 168 valence electrons. The molecule has 4 rings (SSSR count). The van der Waals surface area contributed by atoms with Gasteiger partial charge in [-0.15, -0.1) is 0 Å². The highest BCUT2D eigenvalue weighted by atomic mass is 14.1. The Hall–Kier alpha value is 0. The molecule has 0 amide bonds. The molecule has 4 fully saturated rings. The Morgan fingerprint density at radius 1 is 0.250 bits per heavy atom. The monoisotopic (exact) mass is 392 g/mol. The Labute approximate surface area is 180 Å². The van der Waals surface area contributed by atoms with Crippen molar-refractivity contribution in [3.63, 3.8) is 0 Å². The average Bonchev–Trinajstić information content (AvgIpc) is 2.72. The predicted octanol–water partition coefficient (Wildman–Crippen LogP) is 10.3. The molecule has 0 spiro atoms. The van der Waals surface area contributed by atoms with Crippen LogP contribution in [0.25, 0.3) is 0 Å². The van der Waals surface area contributed by atoms with Gasteiger partial charge in [0.25, 0.3) is 0 Å². The fourth-order valence-corrected chi connectivity index (χ4v) is 5.23. The van der Waals surface area contributed by atoms with E-state index in [4.69, 9.17) is 0 Å². The lowest BCUT2D eigenvalue weighted by molar-refractivity contribution is 0.385. The molecular formula is C28H56. The minimum Gasteiger partial charge on any atom is -0.0625 e. The van der Waals surface area contributed by atoms with Crippen LogP contribution in [0.3, 0.4) is 0 Å². The molecule has 0 heterocycles. The minimum absolute atomic E-state index is 1.04. The molecule has 0 aromatic carbocycles. The Morgan fingerprint density at radius 2 is 0.393 bits per heavy atom. The van der Waals surface area contributed by atoms with Gasteiger partial charge in [0.1, 0.15) is 0 Å². The van der Waals surface area contributed by atoms with Crippen LogP contribution in [-0.4, -0.2) is 0 Å². The zero-order chi connectivity index (χ0) is 20.5. The topological polar surface area (TPSA) is 0 Å². The van der Waals surface area contributed by atoms with Crippen LogP contribution in [0.4, 0.5) is 0 Å². The zero-order valence-corrected chi connectivity index (χ0v) is 20.5. The second kappa shape index (κ2) is 17.8. The van der Waals surface area contributed by atoms with E-state index in [0.29, 0.717) is 0 Å². The fourth-order valence-electron chi connectivity index (χ4n) is 5.23. The first-order chi connectivity index (χ1) is 13.6. The van der Waals surface area contributed by atoms with Gasteiger partial charge in [-0.3, -0.25) is 0 Å². The van der Waals surface area contributed by atoms with E-state index in [9.17, 15) is 0 Å². The lowest BCUT2D eigenvalue weighted by atomic mass is 9.91. The van der Waals surface area contributed by atoms with Crippen LogP contribution < -0.4 is 0 Å². The van der Waals surface area contributed by atoms with Gasteiger partial charge in [0.05, 0.1) is 0 Å². The first-order valence-electron chi connectivity index (χ1n) is 13.6. The molecule has 0 bridgehead atoms. The third-order valence-corrected chi connectivity index (χ3v) is 7.58. The summed E-state index contributed by atoms with van der Waals surface area (Å²) in [6, 6.07) is 0. The van der Waals surface area contributed by atoms with Crippen LogP contribution in [0.15, 0.2) is 0 Å². The van der Waals surface area contributed by atoms with Gasteiger partial charge in [-0.25, -0.2) is 0 Å². The molecule has 0 nitrogen and oxygen atoms in total. The van der Waals surface area contributed by atoms with E-state index in [1.165, 1.54) is 128 Å². The summed E-state index contributed by atoms with van der Waals surface area (Å²) < 4.78 is 0. The summed E-state index contributed by atoms with van der Waals surface area (Å²) in [6.07, 6.45) is 29.7. The van der Waals surface area contributed by atoms with Gasteiger partial charge in [0.15, 0.2) is 0 Å². The molecule has 0 heteroatoms. The fraction of sp³-hybridized carbons (Fsp3) is 1.00. The first kappa shape index (κ1) is 26.0. The van der Waals surface area contributed by atoms with Crippen molar-refractivity contribution in [3.05, 3.63) is 0 Å². The molecule has 4 aliphatic rings. The number of hydrogen-bond acceptors (Lipinski definition) is 0. The maximum Gasteiger partial charge on any atom is -0.0443 e.